The Labute approximate surface area is 142 Å². The minimum atomic E-state index is -0.289. The van der Waals surface area contributed by atoms with E-state index < -0.39 is 0 Å². The number of aromatic nitrogens is 1. The van der Waals surface area contributed by atoms with E-state index >= 15 is 0 Å². The van der Waals surface area contributed by atoms with Crippen molar-refractivity contribution in [2.24, 2.45) is 0 Å². The van der Waals surface area contributed by atoms with Crippen LogP contribution in [0, 0.1) is 0 Å². The molecule has 1 amide bonds. The molecule has 0 unspecified atom stereocenters. The van der Waals surface area contributed by atoms with Crippen LogP contribution in [0.25, 0.3) is 0 Å². The molecule has 1 atom stereocenters. The Kier molecular flexibility index (Phi) is 5.67. The van der Waals surface area contributed by atoms with E-state index in [0.717, 1.165) is 38.0 Å². The van der Waals surface area contributed by atoms with Gasteiger partial charge in [0, 0.05) is 38.6 Å². The molecule has 2 heterocycles. The zero-order valence-corrected chi connectivity index (χ0v) is 13.8. The number of carbonyl (C=O) groups excluding carboxylic acids is 1. The van der Waals surface area contributed by atoms with Crippen molar-refractivity contribution in [1.82, 2.24) is 14.8 Å². The van der Waals surface area contributed by atoms with Crippen molar-refractivity contribution in [2.45, 2.75) is 31.5 Å². The largest absolute Gasteiger partial charge is 0.393 e. The molecule has 5 heteroatoms. The van der Waals surface area contributed by atoms with Crippen LogP contribution >= 0.6 is 0 Å². The van der Waals surface area contributed by atoms with Gasteiger partial charge in [-0.15, -0.1) is 0 Å². The summed E-state index contributed by atoms with van der Waals surface area (Å²) in [6, 6.07) is 13.6. The van der Waals surface area contributed by atoms with Gasteiger partial charge in [0.05, 0.1) is 6.10 Å². The van der Waals surface area contributed by atoms with Gasteiger partial charge < -0.3 is 15.0 Å². The minimum absolute atomic E-state index is 0.0322. The van der Waals surface area contributed by atoms with Crippen molar-refractivity contribution in [3.63, 3.8) is 0 Å². The smallest absolute Gasteiger partial charge is 0.242 e. The lowest BCUT2D eigenvalue weighted by atomic mass is 10.00. The molecule has 1 aliphatic rings. The average Bonchev–Trinajstić information content (AvgIpc) is 3.11. The topological polar surface area (TPSA) is 57.5 Å². The van der Waals surface area contributed by atoms with Crippen LogP contribution in [0.5, 0.6) is 0 Å². The standard InChI is InChI=1S/C19H25N3O2/c23-17-8-13-22(14-9-17)18(16-6-2-1-3-7-16)19(24)20-10-15-21-11-4-5-12-21/h1-7,11-12,17-18,23H,8-10,13-15H2,(H,20,24)/t18-/m0/s1. The first-order chi connectivity index (χ1) is 11.7. The Morgan fingerprint density at radius 2 is 1.79 bits per heavy atom. The minimum Gasteiger partial charge on any atom is -0.393 e. The molecule has 24 heavy (non-hydrogen) atoms. The molecule has 1 aliphatic heterocycles. The van der Waals surface area contributed by atoms with Gasteiger partial charge in [-0.1, -0.05) is 30.3 Å². The highest BCUT2D eigenvalue weighted by atomic mass is 16.3. The first kappa shape index (κ1) is 16.7. The summed E-state index contributed by atoms with van der Waals surface area (Å²) in [6.07, 6.45) is 5.19. The molecule has 2 N–H and O–H groups in total. The van der Waals surface area contributed by atoms with Crippen molar-refractivity contribution in [3.05, 3.63) is 60.4 Å². The second kappa shape index (κ2) is 8.13. The summed E-state index contributed by atoms with van der Waals surface area (Å²) < 4.78 is 2.05. The summed E-state index contributed by atoms with van der Waals surface area (Å²) in [5.41, 5.74) is 1.01. The van der Waals surface area contributed by atoms with E-state index in [9.17, 15) is 9.90 Å². The number of benzene rings is 1. The van der Waals surface area contributed by atoms with Crippen molar-refractivity contribution in [1.29, 1.82) is 0 Å². The molecule has 0 spiro atoms. The fraction of sp³-hybridized carbons (Fsp3) is 0.421. The van der Waals surface area contributed by atoms with Crippen LogP contribution in [0.15, 0.2) is 54.9 Å². The zero-order valence-electron chi connectivity index (χ0n) is 13.8. The zero-order chi connectivity index (χ0) is 16.8. The van der Waals surface area contributed by atoms with Crippen LogP contribution in [0.2, 0.25) is 0 Å². The Morgan fingerprint density at radius 1 is 1.12 bits per heavy atom. The van der Waals surface area contributed by atoms with E-state index in [0.29, 0.717) is 6.54 Å². The predicted octanol–water partition coefficient (Wildman–Crippen LogP) is 1.80. The Bertz CT molecular complexity index is 619. The van der Waals surface area contributed by atoms with Crippen LogP contribution < -0.4 is 5.32 Å². The molecule has 1 fully saturated rings. The van der Waals surface area contributed by atoms with Crippen molar-refractivity contribution < 1.29 is 9.90 Å². The predicted molar refractivity (Wildman–Crippen MR) is 93.4 cm³/mol. The monoisotopic (exact) mass is 327 g/mol. The molecule has 3 rings (SSSR count). The number of hydrogen-bond donors (Lipinski definition) is 2. The third-order valence-corrected chi connectivity index (χ3v) is 4.56. The van der Waals surface area contributed by atoms with Crippen molar-refractivity contribution in [3.8, 4) is 0 Å². The first-order valence-corrected chi connectivity index (χ1v) is 8.59. The second-order valence-corrected chi connectivity index (χ2v) is 6.29. The number of carbonyl (C=O) groups is 1. The average molecular weight is 327 g/mol. The van der Waals surface area contributed by atoms with Gasteiger partial charge in [0.25, 0.3) is 0 Å². The number of aliphatic hydroxyl groups is 1. The van der Waals surface area contributed by atoms with E-state index in [-0.39, 0.29) is 18.1 Å². The van der Waals surface area contributed by atoms with Gasteiger partial charge in [0.15, 0.2) is 0 Å². The summed E-state index contributed by atoms with van der Waals surface area (Å²) in [6.45, 7) is 2.85. The quantitative estimate of drug-likeness (QED) is 0.851. The molecule has 1 saturated heterocycles. The number of nitrogens with zero attached hydrogens (tertiary/aromatic N) is 2. The molecule has 0 bridgehead atoms. The fourth-order valence-electron chi connectivity index (χ4n) is 3.23. The highest BCUT2D eigenvalue weighted by Crippen LogP contribution is 2.25. The van der Waals surface area contributed by atoms with Gasteiger partial charge in [-0.3, -0.25) is 9.69 Å². The summed E-state index contributed by atoms with van der Waals surface area (Å²) in [5, 5.41) is 12.8. The van der Waals surface area contributed by atoms with Gasteiger partial charge in [-0.25, -0.2) is 0 Å². The molecule has 0 radical (unpaired) electrons. The number of hydrogen-bond acceptors (Lipinski definition) is 3. The number of amides is 1. The van der Waals surface area contributed by atoms with E-state index in [4.69, 9.17) is 0 Å². The SMILES string of the molecule is O=C(NCCn1cccc1)[C@H](c1ccccc1)N1CCC(O)CC1. The lowest BCUT2D eigenvalue weighted by molar-refractivity contribution is -0.127. The van der Waals surface area contributed by atoms with Gasteiger partial charge in [0.2, 0.25) is 5.91 Å². The second-order valence-electron chi connectivity index (χ2n) is 6.29. The number of aliphatic hydroxyl groups excluding tert-OH is 1. The maximum Gasteiger partial charge on any atom is 0.242 e. The molecule has 5 nitrogen and oxygen atoms in total. The lowest BCUT2D eigenvalue weighted by Crippen LogP contribution is -2.45. The first-order valence-electron chi connectivity index (χ1n) is 8.59. The van der Waals surface area contributed by atoms with E-state index in [2.05, 4.69) is 14.8 Å². The van der Waals surface area contributed by atoms with E-state index in [1.54, 1.807) is 0 Å². The normalized spacial score (nSPS) is 17.5. The van der Waals surface area contributed by atoms with Crippen molar-refractivity contribution in [2.75, 3.05) is 19.6 Å². The van der Waals surface area contributed by atoms with Gasteiger partial charge in [-0.05, 0) is 30.5 Å². The highest BCUT2D eigenvalue weighted by molar-refractivity contribution is 5.83. The van der Waals surface area contributed by atoms with Gasteiger partial charge >= 0.3 is 0 Å². The summed E-state index contributed by atoms with van der Waals surface area (Å²) >= 11 is 0. The molecule has 0 aliphatic carbocycles. The number of likely N-dealkylation sites (tertiary alicyclic amines) is 1. The Hall–Kier alpha value is -2.11. The lowest BCUT2D eigenvalue weighted by Gasteiger charge is -2.35. The number of nitrogens with one attached hydrogen (secondary N) is 1. The van der Waals surface area contributed by atoms with Gasteiger partial charge in [-0.2, -0.15) is 0 Å². The maximum absolute atomic E-state index is 12.8. The maximum atomic E-state index is 12.8. The highest BCUT2D eigenvalue weighted by Gasteiger charge is 2.30. The summed E-state index contributed by atoms with van der Waals surface area (Å²) in [4.78, 5) is 15.0. The third kappa shape index (κ3) is 4.24. The molecule has 2 aromatic rings. The molecule has 128 valence electrons. The molecule has 1 aromatic heterocycles. The van der Waals surface area contributed by atoms with Crippen LogP contribution in [0.4, 0.5) is 0 Å². The number of piperidine rings is 1. The Balaban J connectivity index is 1.65. The summed E-state index contributed by atoms with van der Waals surface area (Å²) in [7, 11) is 0. The molecular formula is C19H25N3O2. The molecule has 1 aromatic carbocycles. The Morgan fingerprint density at radius 3 is 2.46 bits per heavy atom. The van der Waals surface area contributed by atoms with Crippen LogP contribution in [0.1, 0.15) is 24.4 Å². The van der Waals surface area contributed by atoms with Gasteiger partial charge in [0.1, 0.15) is 6.04 Å². The van der Waals surface area contributed by atoms with E-state index in [1.807, 2.05) is 54.9 Å². The fourth-order valence-corrected chi connectivity index (χ4v) is 3.23. The van der Waals surface area contributed by atoms with Crippen LogP contribution in [-0.2, 0) is 11.3 Å². The van der Waals surface area contributed by atoms with Crippen LogP contribution in [0.3, 0.4) is 0 Å². The molecular weight excluding hydrogens is 302 g/mol. The third-order valence-electron chi connectivity index (χ3n) is 4.56. The number of rotatable bonds is 6. The summed E-state index contributed by atoms with van der Waals surface area (Å²) in [5.74, 6) is 0.0322. The van der Waals surface area contributed by atoms with Crippen LogP contribution in [-0.4, -0.2) is 46.2 Å². The van der Waals surface area contributed by atoms with Crippen molar-refractivity contribution >= 4 is 5.91 Å². The van der Waals surface area contributed by atoms with E-state index in [1.165, 1.54) is 0 Å². The molecule has 0 saturated carbocycles.